The van der Waals surface area contributed by atoms with Gasteiger partial charge in [-0.2, -0.15) is 0 Å². The zero-order valence-corrected chi connectivity index (χ0v) is 11.0. The molecule has 0 bridgehead atoms. The number of hydrogen-bond acceptors (Lipinski definition) is 2. The van der Waals surface area contributed by atoms with E-state index in [1.54, 1.807) is 0 Å². The van der Waals surface area contributed by atoms with E-state index in [9.17, 15) is 0 Å². The van der Waals surface area contributed by atoms with E-state index in [0.29, 0.717) is 0 Å². The van der Waals surface area contributed by atoms with Crippen LogP contribution in [0.25, 0.3) is 0 Å². The highest BCUT2D eigenvalue weighted by Crippen LogP contribution is 2.37. The van der Waals surface area contributed by atoms with Crippen molar-refractivity contribution in [2.24, 2.45) is 0 Å². The van der Waals surface area contributed by atoms with Crippen LogP contribution in [0.15, 0.2) is 12.7 Å². The summed E-state index contributed by atoms with van der Waals surface area (Å²) in [6, 6.07) is 0. The second-order valence-corrected chi connectivity index (χ2v) is 10.3. The van der Waals surface area contributed by atoms with Crippen molar-refractivity contribution in [2.75, 3.05) is 6.61 Å². The Bertz CT molecular complexity index is 218. The third-order valence-corrected chi connectivity index (χ3v) is 7.77. The van der Waals surface area contributed by atoms with Gasteiger partial charge in [-0.1, -0.05) is 26.8 Å². The summed E-state index contributed by atoms with van der Waals surface area (Å²) in [7, 11) is -1.58. The lowest BCUT2D eigenvalue weighted by molar-refractivity contribution is 0.242. The van der Waals surface area contributed by atoms with Gasteiger partial charge in [0.2, 0.25) is 0 Å². The van der Waals surface area contributed by atoms with Crippen molar-refractivity contribution >= 4 is 8.32 Å². The maximum absolute atomic E-state index is 6.02. The molecule has 1 saturated heterocycles. The molecule has 3 heteroatoms. The molecule has 0 unspecified atom stereocenters. The van der Waals surface area contributed by atoms with E-state index in [2.05, 4.69) is 40.4 Å². The quantitative estimate of drug-likeness (QED) is 0.408. The predicted octanol–water partition coefficient (Wildman–Crippen LogP) is 2.96. The van der Waals surface area contributed by atoms with Gasteiger partial charge in [0.15, 0.2) is 8.32 Å². The van der Waals surface area contributed by atoms with E-state index in [1.807, 2.05) is 6.08 Å². The van der Waals surface area contributed by atoms with Crippen LogP contribution in [-0.4, -0.2) is 27.1 Å². The topological polar surface area (TPSA) is 21.8 Å². The molecule has 2 atom stereocenters. The van der Waals surface area contributed by atoms with E-state index in [1.165, 1.54) is 0 Å². The van der Waals surface area contributed by atoms with Crippen LogP contribution in [0.5, 0.6) is 0 Å². The van der Waals surface area contributed by atoms with Crippen molar-refractivity contribution in [3.05, 3.63) is 12.7 Å². The zero-order chi connectivity index (χ0) is 11.0. The third kappa shape index (κ3) is 2.68. The molecular weight excluding hydrogens is 192 g/mol. The number of rotatable bonds is 4. The number of epoxide rings is 1. The highest BCUT2D eigenvalue weighted by molar-refractivity contribution is 6.74. The van der Waals surface area contributed by atoms with Gasteiger partial charge in [-0.3, -0.25) is 0 Å². The Morgan fingerprint density at radius 3 is 2.36 bits per heavy atom. The Kier molecular flexibility index (Phi) is 3.24. The fourth-order valence-corrected chi connectivity index (χ4v) is 2.02. The molecule has 0 radical (unpaired) electrons. The second-order valence-electron chi connectivity index (χ2n) is 5.45. The lowest BCUT2D eigenvalue weighted by atomic mass is 10.2. The molecule has 0 saturated carbocycles. The van der Waals surface area contributed by atoms with Crippen LogP contribution in [0.1, 0.15) is 20.8 Å². The first-order chi connectivity index (χ1) is 6.28. The van der Waals surface area contributed by atoms with Crippen LogP contribution in [-0.2, 0) is 9.16 Å². The molecule has 1 aliphatic heterocycles. The molecule has 0 aromatic rings. The number of hydrogen-bond donors (Lipinski definition) is 0. The second kappa shape index (κ2) is 3.80. The van der Waals surface area contributed by atoms with Gasteiger partial charge in [-0.25, -0.2) is 0 Å². The van der Waals surface area contributed by atoms with Gasteiger partial charge in [0.1, 0.15) is 12.2 Å². The van der Waals surface area contributed by atoms with E-state index in [4.69, 9.17) is 9.16 Å². The standard InChI is InChI=1S/C11H22O2Si/c1-7-9-10(13-9)8-12-14(5,6)11(2,3)4/h7,9-10H,1,8H2,2-6H3/t9-,10+/m0/s1. The summed E-state index contributed by atoms with van der Waals surface area (Å²) in [6.07, 6.45) is 2.35. The first-order valence-corrected chi connectivity index (χ1v) is 8.11. The Hall–Kier alpha value is -0.123. The summed E-state index contributed by atoms with van der Waals surface area (Å²) in [5.74, 6) is 0. The third-order valence-electron chi connectivity index (χ3n) is 3.27. The van der Waals surface area contributed by atoms with Gasteiger partial charge in [-0.15, -0.1) is 6.58 Å². The smallest absolute Gasteiger partial charge is 0.192 e. The summed E-state index contributed by atoms with van der Waals surface area (Å²) in [4.78, 5) is 0. The van der Waals surface area contributed by atoms with E-state index < -0.39 is 8.32 Å². The van der Waals surface area contributed by atoms with Gasteiger partial charge in [0.25, 0.3) is 0 Å². The minimum absolute atomic E-state index is 0.236. The largest absolute Gasteiger partial charge is 0.414 e. The summed E-state index contributed by atoms with van der Waals surface area (Å²) >= 11 is 0. The normalized spacial score (nSPS) is 27.5. The molecule has 1 aliphatic rings. The van der Waals surface area contributed by atoms with Crippen LogP contribution >= 0.6 is 0 Å². The molecule has 1 fully saturated rings. The molecule has 1 rings (SSSR count). The summed E-state index contributed by atoms with van der Waals surface area (Å²) in [6.45, 7) is 15.7. The van der Waals surface area contributed by atoms with E-state index in [0.717, 1.165) is 6.61 Å². The molecule has 0 aliphatic carbocycles. The molecule has 0 aromatic heterocycles. The molecule has 82 valence electrons. The first kappa shape index (κ1) is 11.9. The first-order valence-electron chi connectivity index (χ1n) is 5.20. The zero-order valence-electron chi connectivity index (χ0n) is 9.96. The lowest BCUT2D eigenvalue weighted by Crippen LogP contribution is -2.41. The SMILES string of the molecule is C=C[C@@H]1O[C@@H]1CO[Si](C)(C)C(C)(C)C. The Balaban J connectivity index is 2.34. The minimum atomic E-state index is -1.58. The fourth-order valence-electron chi connectivity index (χ4n) is 1.00. The van der Waals surface area contributed by atoms with Gasteiger partial charge < -0.3 is 9.16 Å². The summed E-state index contributed by atoms with van der Waals surface area (Å²) < 4.78 is 11.4. The molecule has 0 amide bonds. The molecule has 14 heavy (non-hydrogen) atoms. The Morgan fingerprint density at radius 2 is 2.00 bits per heavy atom. The fraction of sp³-hybridized carbons (Fsp3) is 0.818. The Labute approximate surface area is 88.4 Å². The van der Waals surface area contributed by atoms with Crippen LogP contribution in [0.3, 0.4) is 0 Å². The van der Waals surface area contributed by atoms with Gasteiger partial charge in [0, 0.05) is 0 Å². The molecule has 2 nitrogen and oxygen atoms in total. The van der Waals surface area contributed by atoms with Gasteiger partial charge in [-0.05, 0) is 18.1 Å². The van der Waals surface area contributed by atoms with Crippen molar-refractivity contribution in [1.82, 2.24) is 0 Å². The average molecular weight is 214 g/mol. The van der Waals surface area contributed by atoms with Crippen molar-refractivity contribution in [3.8, 4) is 0 Å². The highest BCUT2D eigenvalue weighted by Gasteiger charge is 2.42. The maximum atomic E-state index is 6.02. The molecule has 1 heterocycles. The van der Waals surface area contributed by atoms with Crippen LogP contribution < -0.4 is 0 Å². The molecular formula is C11H22O2Si. The van der Waals surface area contributed by atoms with Crippen LogP contribution in [0.4, 0.5) is 0 Å². The number of ether oxygens (including phenoxy) is 1. The molecule has 0 spiro atoms. The maximum Gasteiger partial charge on any atom is 0.192 e. The van der Waals surface area contributed by atoms with Gasteiger partial charge in [0.05, 0.1) is 6.61 Å². The summed E-state index contributed by atoms with van der Waals surface area (Å²) in [5, 5.41) is 0.283. The summed E-state index contributed by atoms with van der Waals surface area (Å²) in [5.41, 5.74) is 0. The van der Waals surface area contributed by atoms with Crippen molar-refractivity contribution in [3.63, 3.8) is 0 Å². The Morgan fingerprint density at radius 1 is 1.43 bits per heavy atom. The molecule has 0 N–H and O–H groups in total. The van der Waals surface area contributed by atoms with Crippen LogP contribution in [0.2, 0.25) is 18.1 Å². The van der Waals surface area contributed by atoms with Crippen molar-refractivity contribution in [2.45, 2.75) is 51.1 Å². The van der Waals surface area contributed by atoms with E-state index >= 15 is 0 Å². The van der Waals surface area contributed by atoms with Crippen molar-refractivity contribution < 1.29 is 9.16 Å². The van der Waals surface area contributed by atoms with E-state index in [-0.39, 0.29) is 17.2 Å². The lowest BCUT2D eigenvalue weighted by Gasteiger charge is -2.35. The minimum Gasteiger partial charge on any atom is -0.414 e. The monoisotopic (exact) mass is 214 g/mol. The van der Waals surface area contributed by atoms with Crippen LogP contribution in [0, 0.1) is 0 Å². The highest BCUT2D eigenvalue weighted by atomic mass is 28.4. The predicted molar refractivity (Wildman–Crippen MR) is 62.0 cm³/mol. The van der Waals surface area contributed by atoms with Crippen molar-refractivity contribution in [1.29, 1.82) is 0 Å². The average Bonchev–Trinajstić information content (AvgIpc) is 2.77. The molecule has 0 aromatic carbocycles. The van der Waals surface area contributed by atoms with Gasteiger partial charge >= 0.3 is 0 Å².